The van der Waals surface area contributed by atoms with Gasteiger partial charge in [0.25, 0.3) is 5.91 Å². The van der Waals surface area contributed by atoms with Gasteiger partial charge < -0.3 is 5.32 Å². The van der Waals surface area contributed by atoms with Gasteiger partial charge in [-0.3, -0.25) is 4.79 Å². The van der Waals surface area contributed by atoms with E-state index in [0.717, 1.165) is 5.56 Å². The van der Waals surface area contributed by atoms with Crippen LogP contribution in [-0.2, 0) is 6.54 Å². The lowest BCUT2D eigenvalue weighted by atomic mass is 10.1. The Balaban J connectivity index is 2.06. The van der Waals surface area contributed by atoms with Crippen LogP contribution in [0, 0.1) is 11.3 Å². The molecule has 0 atom stereocenters. The minimum Gasteiger partial charge on any atom is -0.348 e. The lowest BCUT2D eigenvalue weighted by molar-refractivity contribution is 0.0951. The van der Waals surface area contributed by atoms with Gasteiger partial charge in [0.15, 0.2) is 0 Å². The van der Waals surface area contributed by atoms with Gasteiger partial charge in [-0.25, -0.2) is 0 Å². The Labute approximate surface area is 126 Å². The second-order valence-electron chi connectivity index (χ2n) is 4.15. The smallest absolute Gasteiger partial charge is 0.251 e. The fourth-order valence-corrected chi connectivity index (χ4v) is 2.25. The maximum Gasteiger partial charge on any atom is 0.251 e. The summed E-state index contributed by atoms with van der Waals surface area (Å²) in [5.41, 5.74) is 1.81. The normalized spacial score (nSPS) is 9.85. The van der Waals surface area contributed by atoms with Crippen molar-refractivity contribution in [2.75, 3.05) is 0 Å². The first-order valence-corrected chi connectivity index (χ1v) is 6.57. The van der Waals surface area contributed by atoms with E-state index < -0.39 is 0 Å². The molecule has 0 aliphatic rings. The molecule has 2 aromatic carbocycles. The summed E-state index contributed by atoms with van der Waals surface area (Å²) in [6.07, 6.45) is 0. The fourth-order valence-electron chi connectivity index (χ4n) is 1.72. The van der Waals surface area contributed by atoms with Gasteiger partial charge in [0.05, 0.1) is 11.6 Å². The van der Waals surface area contributed by atoms with E-state index in [0.29, 0.717) is 27.7 Å². The van der Waals surface area contributed by atoms with Gasteiger partial charge in [-0.1, -0.05) is 35.3 Å². The minimum atomic E-state index is -0.267. The molecule has 0 aromatic heterocycles. The van der Waals surface area contributed by atoms with Crippen LogP contribution >= 0.6 is 23.2 Å². The average molecular weight is 305 g/mol. The second kappa shape index (κ2) is 6.42. The molecular weight excluding hydrogens is 295 g/mol. The van der Waals surface area contributed by atoms with Gasteiger partial charge in [-0.05, 0) is 35.9 Å². The van der Waals surface area contributed by atoms with E-state index in [1.54, 1.807) is 36.4 Å². The summed E-state index contributed by atoms with van der Waals surface area (Å²) >= 11 is 11.7. The predicted molar refractivity (Wildman–Crippen MR) is 78.8 cm³/mol. The third-order valence-electron chi connectivity index (χ3n) is 2.63. The number of carbonyl (C=O) groups excluding carboxylic acids is 1. The van der Waals surface area contributed by atoms with Gasteiger partial charge in [-0.2, -0.15) is 5.26 Å². The van der Waals surface area contributed by atoms with Gasteiger partial charge >= 0.3 is 0 Å². The van der Waals surface area contributed by atoms with E-state index in [1.165, 1.54) is 0 Å². The molecule has 3 nitrogen and oxygen atoms in total. The molecule has 1 amide bonds. The van der Waals surface area contributed by atoms with Crippen molar-refractivity contribution < 1.29 is 4.79 Å². The first-order valence-electron chi connectivity index (χ1n) is 5.82. The van der Waals surface area contributed by atoms with Crippen LogP contribution in [0.25, 0.3) is 0 Å². The molecule has 0 aliphatic heterocycles. The van der Waals surface area contributed by atoms with Gasteiger partial charge in [0.1, 0.15) is 0 Å². The van der Waals surface area contributed by atoms with Crippen LogP contribution in [0.1, 0.15) is 21.5 Å². The lowest BCUT2D eigenvalue weighted by Gasteiger charge is -2.06. The van der Waals surface area contributed by atoms with Gasteiger partial charge in [0.2, 0.25) is 0 Å². The first-order chi connectivity index (χ1) is 9.58. The molecule has 0 radical (unpaired) electrons. The molecule has 20 heavy (non-hydrogen) atoms. The number of amides is 1. The van der Waals surface area contributed by atoms with E-state index >= 15 is 0 Å². The molecule has 0 spiro atoms. The zero-order chi connectivity index (χ0) is 14.5. The second-order valence-corrected chi connectivity index (χ2v) is 5.03. The van der Waals surface area contributed by atoms with Crippen LogP contribution in [0.5, 0.6) is 0 Å². The zero-order valence-electron chi connectivity index (χ0n) is 10.4. The van der Waals surface area contributed by atoms with Crippen LogP contribution in [0.4, 0.5) is 0 Å². The molecule has 0 aliphatic carbocycles. The van der Waals surface area contributed by atoms with Crippen LogP contribution in [0.15, 0.2) is 42.5 Å². The maximum absolute atomic E-state index is 12.0. The molecule has 2 aromatic rings. The number of nitrogens with one attached hydrogen (secondary N) is 1. The Morgan fingerprint density at radius 1 is 1.15 bits per heavy atom. The first kappa shape index (κ1) is 14.4. The number of rotatable bonds is 3. The molecule has 0 bridgehead atoms. The third-order valence-corrected chi connectivity index (χ3v) is 3.07. The van der Waals surface area contributed by atoms with Crippen molar-refractivity contribution in [3.63, 3.8) is 0 Å². The Hall–Kier alpha value is -2.02. The predicted octanol–water partition coefficient (Wildman–Crippen LogP) is 3.80. The number of nitrogens with zero attached hydrogens (tertiary/aromatic N) is 1. The van der Waals surface area contributed by atoms with Crippen LogP contribution in [0.2, 0.25) is 10.0 Å². The van der Waals surface area contributed by atoms with Crippen molar-refractivity contribution in [1.29, 1.82) is 5.26 Å². The molecule has 100 valence electrons. The standard InChI is InChI=1S/C15H10Cl2N2O/c16-13-5-12(6-14(17)7-13)15(20)19-9-11-3-1-2-10(4-11)8-18/h1-7H,9H2,(H,19,20). The SMILES string of the molecule is N#Cc1cccc(CNC(=O)c2cc(Cl)cc(Cl)c2)c1. The van der Waals surface area contributed by atoms with Crippen molar-refractivity contribution >= 4 is 29.1 Å². The number of nitriles is 1. The number of benzene rings is 2. The lowest BCUT2D eigenvalue weighted by Crippen LogP contribution is -2.22. The fraction of sp³-hybridized carbons (Fsp3) is 0.0667. The molecule has 0 saturated heterocycles. The highest BCUT2D eigenvalue weighted by Crippen LogP contribution is 2.19. The number of hydrogen-bond acceptors (Lipinski definition) is 2. The molecule has 0 unspecified atom stereocenters. The number of hydrogen-bond donors (Lipinski definition) is 1. The number of carbonyl (C=O) groups is 1. The highest BCUT2D eigenvalue weighted by atomic mass is 35.5. The van der Waals surface area contributed by atoms with Crippen molar-refractivity contribution in [1.82, 2.24) is 5.32 Å². The van der Waals surface area contributed by atoms with Crippen LogP contribution < -0.4 is 5.32 Å². The van der Waals surface area contributed by atoms with Gasteiger partial charge in [-0.15, -0.1) is 0 Å². The van der Waals surface area contributed by atoms with Gasteiger partial charge in [0, 0.05) is 22.2 Å². The molecule has 0 heterocycles. The molecule has 1 N–H and O–H groups in total. The topological polar surface area (TPSA) is 52.9 Å². The minimum absolute atomic E-state index is 0.267. The Bertz CT molecular complexity index is 672. The van der Waals surface area contributed by atoms with E-state index in [2.05, 4.69) is 11.4 Å². The summed E-state index contributed by atoms with van der Waals surface area (Å²) in [5, 5.41) is 12.4. The summed E-state index contributed by atoms with van der Waals surface area (Å²) in [6, 6.07) is 13.8. The molecular formula is C15H10Cl2N2O. The van der Waals surface area contributed by atoms with E-state index in [9.17, 15) is 4.79 Å². The molecule has 5 heteroatoms. The van der Waals surface area contributed by atoms with E-state index in [-0.39, 0.29) is 5.91 Å². The maximum atomic E-state index is 12.0. The Morgan fingerprint density at radius 2 is 1.85 bits per heavy atom. The quantitative estimate of drug-likeness (QED) is 0.938. The highest BCUT2D eigenvalue weighted by Gasteiger charge is 2.07. The Morgan fingerprint density at radius 3 is 2.50 bits per heavy atom. The van der Waals surface area contributed by atoms with Crippen LogP contribution in [-0.4, -0.2) is 5.91 Å². The van der Waals surface area contributed by atoms with Crippen molar-refractivity contribution in [3.8, 4) is 6.07 Å². The van der Waals surface area contributed by atoms with Crippen molar-refractivity contribution in [2.45, 2.75) is 6.54 Å². The van der Waals surface area contributed by atoms with Crippen molar-refractivity contribution in [2.24, 2.45) is 0 Å². The molecule has 0 fully saturated rings. The van der Waals surface area contributed by atoms with E-state index in [4.69, 9.17) is 28.5 Å². The summed E-state index contributed by atoms with van der Waals surface area (Å²) in [5.74, 6) is -0.267. The van der Waals surface area contributed by atoms with Crippen molar-refractivity contribution in [3.05, 3.63) is 69.2 Å². The average Bonchev–Trinajstić information content (AvgIpc) is 2.44. The van der Waals surface area contributed by atoms with E-state index in [1.807, 2.05) is 6.07 Å². The number of halogens is 2. The zero-order valence-corrected chi connectivity index (χ0v) is 11.9. The Kier molecular flexibility index (Phi) is 4.62. The summed E-state index contributed by atoms with van der Waals surface area (Å²) in [7, 11) is 0. The van der Waals surface area contributed by atoms with Crippen LogP contribution in [0.3, 0.4) is 0 Å². The molecule has 2 rings (SSSR count). The summed E-state index contributed by atoms with van der Waals surface area (Å²) in [6.45, 7) is 0.332. The third kappa shape index (κ3) is 3.74. The monoisotopic (exact) mass is 304 g/mol. The largest absolute Gasteiger partial charge is 0.348 e. The summed E-state index contributed by atoms with van der Waals surface area (Å²) in [4.78, 5) is 12.0. The summed E-state index contributed by atoms with van der Waals surface area (Å²) < 4.78 is 0. The highest BCUT2D eigenvalue weighted by molar-refractivity contribution is 6.35. The molecule has 0 saturated carbocycles.